The Balaban J connectivity index is 2.13. The molecule has 0 saturated carbocycles. The molecule has 1 N–H and O–H groups in total. The molecule has 1 aromatic heterocycles. The summed E-state index contributed by atoms with van der Waals surface area (Å²) < 4.78 is 6.23. The zero-order valence-electron chi connectivity index (χ0n) is 11.9. The van der Waals surface area contributed by atoms with E-state index in [1.807, 2.05) is 39.8 Å². The number of carbonyl (C=O) groups excluding carboxylic acids is 1. The number of aromatic nitrogens is 1. The van der Waals surface area contributed by atoms with E-state index in [0.717, 1.165) is 15.2 Å². The molecule has 108 valence electrons. The molecule has 6 heteroatoms. The fourth-order valence-corrected chi connectivity index (χ4v) is 2.93. The van der Waals surface area contributed by atoms with Gasteiger partial charge < -0.3 is 10.1 Å². The molecule has 1 aromatic carbocycles. The highest BCUT2D eigenvalue weighted by atomic mass is 35.5. The van der Waals surface area contributed by atoms with Gasteiger partial charge in [0.15, 0.2) is 0 Å². The van der Waals surface area contributed by atoms with Gasteiger partial charge in [0.1, 0.15) is 16.1 Å². The molecule has 2 rings (SSSR count). The van der Waals surface area contributed by atoms with E-state index in [1.165, 1.54) is 11.3 Å². The second-order valence-electron chi connectivity index (χ2n) is 5.51. The largest absolute Gasteiger partial charge is 0.444 e. The van der Waals surface area contributed by atoms with E-state index in [9.17, 15) is 4.79 Å². The summed E-state index contributed by atoms with van der Waals surface area (Å²) in [5, 5.41) is 4.20. The highest BCUT2D eigenvalue weighted by molar-refractivity contribution is 7.18. The summed E-state index contributed by atoms with van der Waals surface area (Å²) in [7, 11) is 0. The highest BCUT2D eigenvalue weighted by Crippen LogP contribution is 2.30. The number of nitrogens with zero attached hydrogens (tertiary/aromatic N) is 1. The zero-order valence-corrected chi connectivity index (χ0v) is 13.4. The van der Waals surface area contributed by atoms with Crippen LogP contribution in [-0.4, -0.2) is 16.7 Å². The van der Waals surface area contributed by atoms with Crippen LogP contribution in [0, 0.1) is 0 Å². The number of nitrogens with one attached hydrogen (secondary N) is 1. The molecule has 0 saturated heterocycles. The van der Waals surface area contributed by atoms with Crippen molar-refractivity contribution in [1.29, 1.82) is 0 Å². The number of amides is 1. The first kappa shape index (κ1) is 15.1. The minimum atomic E-state index is -0.513. The van der Waals surface area contributed by atoms with Gasteiger partial charge in [0, 0.05) is 0 Å². The molecule has 0 spiro atoms. The molecule has 1 amide bonds. The van der Waals surface area contributed by atoms with Gasteiger partial charge in [-0.15, -0.1) is 11.3 Å². The van der Waals surface area contributed by atoms with Crippen LogP contribution in [0.5, 0.6) is 0 Å². The number of thiazole rings is 1. The summed E-state index contributed by atoms with van der Waals surface area (Å²) >= 11 is 7.61. The lowest BCUT2D eigenvalue weighted by Gasteiger charge is -2.21. The van der Waals surface area contributed by atoms with E-state index < -0.39 is 11.7 Å². The minimum absolute atomic E-state index is 0.224. The number of rotatable bonds is 2. The molecule has 0 aliphatic carbocycles. The molecule has 0 radical (unpaired) electrons. The van der Waals surface area contributed by atoms with Gasteiger partial charge in [-0.1, -0.05) is 17.7 Å². The summed E-state index contributed by atoms with van der Waals surface area (Å²) in [5.74, 6) is 0. The number of fused-ring (bicyclic) bond motifs is 1. The zero-order chi connectivity index (χ0) is 14.9. The van der Waals surface area contributed by atoms with E-state index in [1.54, 1.807) is 6.07 Å². The number of hydrogen-bond acceptors (Lipinski definition) is 4. The molecule has 2 aromatic rings. The summed E-state index contributed by atoms with van der Waals surface area (Å²) in [5.41, 5.74) is 0.257. The van der Waals surface area contributed by atoms with E-state index in [0.29, 0.717) is 5.02 Å². The Bertz CT molecular complexity index is 634. The third kappa shape index (κ3) is 3.61. The van der Waals surface area contributed by atoms with E-state index in [2.05, 4.69) is 10.3 Å². The average molecular weight is 313 g/mol. The maximum absolute atomic E-state index is 11.7. The Morgan fingerprint density at radius 1 is 1.45 bits per heavy atom. The fourth-order valence-electron chi connectivity index (χ4n) is 1.66. The number of carbonyl (C=O) groups is 1. The molecule has 4 nitrogen and oxygen atoms in total. The van der Waals surface area contributed by atoms with Gasteiger partial charge in [-0.3, -0.25) is 0 Å². The van der Waals surface area contributed by atoms with Crippen LogP contribution in [0.2, 0.25) is 5.02 Å². The Labute approximate surface area is 127 Å². The first-order chi connectivity index (χ1) is 9.26. The number of ether oxygens (including phenoxy) is 1. The first-order valence-corrected chi connectivity index (χ1v) is 7.50. The van der Waals surface area contributed by atoms with Gasteiger partial charge in [-0.2, -0.15) is 0 Å². The Kier molecular flexibility index (Phi) is 4.20. The van der Waals surface area contributed by atoms with Crippen LogP contribution in [0.15, 0.2) is 18.2 Å². The number of para-hydroxylation sites is 1. The Morgan fingerprint density at radius 2 is 2.15 bits per heavy atom. The number of alkyl carbamates (subject to hydrolysis) is 1. The lowest BCUT2D eigenvalue weighted by molar-refractivity contribution is 0.0508. The van der Waals surface area contributed by atoms with Crippen molar-refractivity contribution >= 4 is 39.2 Å². The highest BCUT2D eigenvalue weighted by Gasteiger charge is 2.20. The third-order valence-electron chi connectivity index (χ3n) is 2.49. The standard InChI is InChI=1S/C14H17ClN2O2S/c1-8(16-13(18)19-14(2,3)4)12-17-11-9(15)6-5-7-10(11)20-12/h5-8H,1-4H3,(H,16,18)/t8-/m1/s1. The topological polar surface area (TPSA) is 51.2 Å². The van der Waals surface area contributed by atoms with Crippen molar-refractivity contribution in [2.24, 2.45) is 0 Å². The second-order valence-corrected chi connectivity index (χ2v) is 6.98. The molecule has 0 aliphatic heterocycles. The number of benzene rings is 1. The van der Waals surface area contributed by atoms with Crippen LogP contribution < -0.4 is 5.32 Å². The van der Waals surface area contributed by atoms with Crippen molar-refractivity contribution in [1.82, 2.24) is 10.3 Å². The van der Waals surface area contributed by atoms with Crippen molar-refractivity contribution in [3.05, 3.63) is 28.2 Å². The van der Waals surface area contributed by atoms with Crippen molar-refractivity contribution in [2.75, 3.05) is 0 Å². The summed E-state index contributed by atoms with van der Waals surface area (Å²) in [6, 6.07) is 5.43. The van der Waals surface area contributed by atoms with Crippen molar-refractivity contribution in [2.45, 2.75) is 39.3 Å². The molecule has 0 unspecified atom stereocenters. The van der Waals surface area contributed by atoms with Crippen LogP contribution >= 0.6 is 22.9 Å². The normalized spacial score (nSPS) is 13.2. The molecule has 0 bridgehead atoms. The number of hydrogen-bond donors (Lipinski definition) is 1. The SMILES string of the molecule is C[C@@H](NC(=O)OC(C)(C)C)c1nc2c(Cl)cccc2s1. The molecule has 0 aliphatic rings. The van der Waals surface area contributed by atoms with Gasteiger partial charge in [-0.05, 0) is 39.8 Å². The van der Waals surface area contributed by atoms with Crippen LogP contribution in [0.25, 0.3) is 10.2 Å². The summed E-state index contributed by atoms with van der Waals surface area (Å²) in [6.07, 6.45) is -0.449. The van der Waals surface area contributed by atoms with Gasteiger partial charge in [0.2, 0.25) is 0 Å². The maximum Gasteiger partial charge on any atom is 0.408 e. The predicted octanol–water partition coefficient (Wildman–Crippen LogP) is 4.54. The van der Waals surface area contributed by atoms with E-state index >= 15 is 0 Å². The Hall–Kier alpha value is -1.33. The summed E-state index contributed by atoms with van der Waals surface area (Å²) in [4.78, 5) is 16.2. The van der Waals surface area contributed by atoms with Gasteiger partial charge >= 0.3 is 6.09 Å². The number of halogens is 1. The van der Waals surface area contributed by atoms with Crippen molar-refractivity contribution < 1.29 is 9.53 Å². The van der Waals surface area contributed by atoms with Crippen LogP contribution in [-0.2, 0) is 4.74 Å². The lowest BCUT2D eigenvalue weighted by atomic mass is 10.2. The molecular formula is C14H17ClN2O2S. The molecular weight excluding hydrogens is 296 g/mol. The molecule has 0 fully saturated rings. The van der Waals surface area contributed by atoms with Crippen LogP contribution in [0.1, 0.15) is 38.7 Å². The second kappa shape index (κ2) is 5.58. The quantitative estimate of drug-likeness (QED) is 0.886. The third-order valence-corrected chi connectivity index (χ3v) is 4.00. The van der Waals surface area contributed by atoms with Crippen molar-refractivity contribution in [3.8, 4) is 0 Å². The maximum atomic E-state index is 11.7. The van der Waals surface area contributed by atoms with Crippen molar-refractivity contribution in [3.63, 3.8) is 0 Å². The van der Waals surface area contributed by atoms with Gasteiger partial charge in [0.25, 0.3) is 0 Å². The van der Waals surface area contributed by atoms with Gasteiger partial charge in [0.05, 0.1) is 15.8 Å². The monoisotopic (exact) mass is 312 g/mol. The smallest absolute Gasteiger partial charge is 0.408 e. The van der Waals surface area contributed by atoms with Crippen LogP contribution in [0.3, 0.4) is 0 Å². The molecule has 20 heavy (non-hydrogen) atoms. The molecule has 1 heterocycles. The molecule has 1 atom stereocenters. The summed E-state index contributed by atoms with van der Waals surface area (Å²) in [6.45, 7) is 7.35. The van der Waals surface area contributed by atoms with E-state index in [-0.39, 0.29) is 6.04 Å². The predicted molar refractivity (Wildman–Crippen MR) is 82.4 cm³/mol. The van der Waals surface area contributed by atoms with Gasteiger partial charge in [-0.25, -0.2) is 9.78 Å². The Morgan fingerprint density at radius 3 is 2.75 bits per heavy atom. The first-order valence-electron chi connectivity index (χ1n) is 6.31. The fraction of sp³-hybridized carbons (Fsp3) is 0.429. The average Bonchev–Trinajstić information content (AvgIpc) is 2.71. The lowest BCUT2D eigenvalue weighted by Crippen LogP contribution is -2.33. The van der Waals surface area contributed by atoms with Crippen LogP contribution in [0.4, 0.5) is 4.79 Å². The minimum Gasteiger partial charge on any atom is -0.444 e. The van der Waals surface area contributed by atoms with E-state index in [4.69, 9.17) is 16.3 Å².